The first-order valence-electron chi connectivity index (χ1n) is 12.1. The minimum Gasteiger partial charge on any atom is -0.455 e. The maximum absolute atomic E-state index is 10.0. The first-order chi connectivity index (χ1) is 16.0. The van der Waals surface area contributed by atoms with E-state index in [0.717, 1.165) is 58.1 Å². The molecule has 2 unspecified atom stereocenters. The second-order valence-electron chi connectivity index (χ2n) is 9.34. The highest BCUT2D eigenvalue weighted by Crippen LogP contribution is 2.44. The molecular formula is C28H28N3O+. The Kier molecular flexibility index (Phi) is 4.29. The molecule has 4 heteroatoms. The van der Waals surface area contributed by atoms with Gasteiger partial charge in [-0.1, -0.05) is 18.6 Å². The molecule has 2 aromatic carbocycles. The van der Waals surface area contributed by atoms with Gasteiger partial charge in [-0.15, -0.1) is 0 Å². The molecule has 4 heterocycles. The van der Waals surface area contributed by atoms with Gasteiger partial charge in [0.15, 0.2) is 6.20 Å². The highest BCUT2D eigenvalue weighted by molar-refractivity contribution is 6.11. The molecule has 2 aliphatic heterocycles. The van der Waals surface area contributed by atoms with Crippen molar-refractivity contribution in [3.63, 3.8) is 0 Å². The lowest BCUT2D eigenvalue weighted by atomic mass is 9.89. The fourth-order valence-corrected chi connectivity index (χ4v) is 5.82. The molecule has 0 saturated carbocycles. The largest absolute Gasteiger partial charge is 0.455 e. The Morgan fingerprint density at radius 3 is 2.78 bits per heavy atom. The van der Waals surface area contributed by atoms with E-state index in [1.54, 1.807) is 0 Å². The molecule has 32 heavy (non-hydrogen) atoms. The summed E-state index contributed by atoms with van der Waals surface area (Å²) in [4.78, 5) is 2.46. The van der Waals surface area contributed by atoms with Gasteiger partial charge in [-0.2, -0.15) is 5.26 Å². The Bertz CT molecular complexity index is 1430. The Balaban J connectivity index is 1.64. The SMILES string of the molecule is [2H]C1(c2c(C#N)ccc3c2oc2c(-c4cccc[n+]4C)c(C)ccc23)CC2CCCCN2C1. The lowest BCUT2D eigenvalue weighted by Gasteiger charge is -2.28. The molecule has 2 atom stereocenters. The highest BCUT2D eigenvalue weighted by atomic mass is 16.3. The number of piperidine rings is 1. The van der Waals surface area contributed by atoms with E-state index in [0.29, 0.717) is 23.7 Å². The summed E-state index contributed by atoms with van der Waals surface area (Å²) in [5, 5.41) is 12.0. The molecule has 6 rings (SSSR count). The lowest BCUT2D eigenvalue weighted by Crippen LogP contribution is -2.33. The van der Waals surface area contributed by atoms with E-state index in [1.165, 1.54) is 12.8 Å². The summed E-state index contributed by atoms with van der Waals surface area (Å²) in [6, 6.07) is 17.1. The van der Waals surface area contributed by atoms with Crippen LogP contribution in [0.5, 0.6) is 0 Å². The van der Waals surface area contributed by atoms with Crippen LogP contribution in [-0.4, -0.2) is 24.0 Å². The number of pyridine rings is 1. The summed E-state index contributed by atoms with van der Waals surface area (Å²) in [5.41, 5.74) is 6.18. The number of benzene rings is 2. The first kappa shape index (κ1) is 18.4. The van der Waals surface area contributed by atoms with Crippen molar-refractivity contribution in [3.8, 4) is 17.3 Å². The summed E-state index contributed by atoms with van der Waals surface area (Å²) < 4.78 is 18.3. The molecule has 2 saturated heterocycles. The van der Waals surface area contributed by atoms with E-state index in [-0.39, 0.29) is 0 Å². The van der Waals surface area contributed by atoms with Crippen molar-refractivity contribution in [1.82, 2.24) is 4.90 Å². The van der Waals surface area contributed by atoms with Crippen LogP contribution in [0.4, 0.5) is 0 Å². The van der Waals surface area contributed by atoms with Crippen LogP contribution in [0.2, 0.25) is 0 Å². The predicted octanol–water partition coefficient (Wildman–Crippen LogP) is 5.60. The van der Waals surface area contributed by atoms with Crippen molar-refractivity contribution >= 4 is 21.9 Å². The zero-order valence-electron chi connectivity index (χ0n) is 19.7. The smallest absolute Gasteiger partial charge is 0.216 e. The van der Waals surface area contributed by atoms with Gasteiger partial charge in [-0.25, -0.2) is 4.57 Å². The van der Waals surface area contributed by atoms with Crippen molar-refractivity contribution in [1.29, 1.82) is 5.26 Å². The Labute approximate surface area is 190 Å². The molecule has 0 bridgehead atoms. The Hall–Kier alpha value is -3.16. The van der Waals surface area contributed by atoms with Crippen molar-refractivity contribution in [2.45, 2.75) is 44.5 Å². The Morgan fingerprint density at radius 2 is 1.97 bits per heavy atom. The quantitative estimate of drug-likeness (QED) is 0.394. The molecule has 2 aliphatic rings. The molecule has 0 N–H and O–H groups in total. The van der Waals surface area contributed by atoms with Crippen LogP contribution in [0.15, 0.2) is 53.1 Å². The lowest BCUT2D eigenvalue weighted by molar-refractivity contribution is -0.660. The van der Waals surface area contributed by atoms with E-state index in [9.17, 15) is 6.63 Å². The standard InChI is InChI=1S/C28H28N3O/c1-18-9-11-22-23-12-10-19(16-29)26(20-15-21-7-3-6-14-31(21)17-20)28(23)32-27(22)25(18)24-8-4-5-13-30(24)2/h4-5,8-13,20-21H,3,6-7,14-15,17H2,1-2H3/q+1/i20D. The number of aromatic nitrogens is 1. The Morgan fingerprint density at radius 1 is 1.12 bits per heavy atom. The van der Waals surface area contributed by atoms with Gasteiger partial charge in [-0.3, -0.25) is 4.90 Å². The van der Waals surface area contributed by atoms with Gasteiger partial charge in [0.25, 0.3) is 0 Å². The summed E-state index contributed by atoms with van der Waals surface area (Å²) in [6.07, 6.45) is 6.38. The van der Waals surface area contributed by atoms with Crippen molar-refractivity contribution in [2.75, 3.05) is 13.1 Å². The molecule has 4 aromatic rings. The molecule has 0 radical (unpaired) electrons. The monoisotopic (exact) mass is 423 g/mol. The maximum Gasteiger partial charge on any atom is 0.216 e. The number of rotatable bonds is 2. The molecular weight excluding hydrogens is 394 g/mol. The summed E-state index contributed by atoms with van der Waals surface area (Å²) in [6.45, 7) is 3.83. The maximum atomic E-state index is 10.0. The van der Waals surface area contributed by atoms with E-state index in [2.05, 4.69) is 40.7 Å². The average molecular weight is 424 g/mol. The van der Waals surface area contributed by atoms with Crippen LogP contribution < -0.4 is 4.57 Å². The van der Waals surface area contributed by atoms with Crippen molar-refractivity contribution in [3.05, 3.63) is 65.4 Å². The number of furan rings is 1. The second-order valence-corrected chi connectivity index (χ2v) is 9.34. The van der Waals surface area contributed by atoms with Crippen LogP contribution in [0.3, 0.4) is 0 Å². The fourth-order valence-electron chi connectivity index (χ4n) is 5.82. The second kappa shape index (κ2) is 7.46. The number of hydrogen-bond donors (Lipinski definition) is 0. The minimum atomic E-state index is -0.833. The van der Waals surface area contributed by atoms with Gasteiger partial charge < -0.3 is 4.42 Å². The number of nitrogens with zero attached hydrogens (tertiary/aromatic N) is 3. The third kappa shape index (κ3) is 2.88. The molecule has 2 fully saturated rings. The number of fused-ring (bicyclic) bond motifs is 4. The molecule has 0 amide bonds. The van der Waals surface area contributed by atoms with Gasteiger partial charge in [0.05, 0.1) is 17.2 Å². The first-order valence-corrected chi connectivity index (χ1v) is 11.6. The van der Waals surface area contributed by atoms with Crippen molar-refractivity contribution < 1.29 is 10.4 Å². The fraction of sp³-hybridized carbons (Fsp3) is 0.357. The van der Waals surface area contributed by atoms with Gasteiger partial charge in [0, 0.05) is 48.3 Å². The highest BCUT2D eigenvalue weighted by Gasteiger charge is 2.37. The van der Waals surface area contributed by atoms with Crippen LogP contribution in [-0.2, 0) is 7.05 Å². The molecule has 2 aromatic heterocycles. The van der Waals surface area contributed by atoms with Gasteiger partial charge in [-0.05, 0) is 56.5 Å². The molecule has 160 valence electrons. The van der Waals surface area contributed by atoms with E-state index in [4.69, 9.17) is 4.42 Å². The van der Waals surface area contributed by atoms with Crippen LogP contribution in [0.1, 0.15) is 49.6 Å². The zero-order valence-corrected chi connectivity index (χ0v) is 18.7. The van der Waals surface area contributed by atoms with Gasteiger partial charge in [0.1, 0.15) is 18.2 Å². The summed E-state index contributed by atoms with van der Waals surface area (Å²) in [5.74, 6) is -0.833. The third-order valence-corrected chi connectivity index (χ3v) is 7.43. The van der Waals surface area contributed by atoms with Gasteiger partial charge in [0.2, 0.25) is 5.69 Å². The minimum absolute atomic E-state index is 0.434. The van der Waals surface area contributed by atoms with Crippen LogP contribution in [0.25, 0.3) is 33.2 Å². The van der Waals surface area contributed by atoms with Crippen LogP contribution >= 0.6 is 0 Å². The van der Waals surface area contributed by atoms with Crippen molar-refractivity contribution in [2.24, 2.45) is 7.05 Å². The number of hydrogen-bond acceptors (Lipinski definition) is 3. The topological polar surface area (TPSA) is 44.1 Å². The molecule has 0 spiro atoms. The molecule has 4 nitrogen and oxygen atoms in total. The summed E-state index contributed by atoms with van der Waals surface area (Å²) in [7, 11) is 2.04. The zero-order chi connectivity index (χ0) is 22.7. The average Bonchev–Trinajstić information content (AvgIpc) is 3.36. The molecule has 0 aliphatic carbocycles. The van der Waals surface area contributed by atoms with Crippen LogP contribution in [0, 0.1) is 18.3 Å². The number of aryl methyl sites for hydroxylation is 2. The van der Waals surface area contributed by atoms with E-state index in [1.807, 2.05) is 37.5 Å². The summed E-state index contributed by atoms with van der Waals surface area (Å²) >= 11 is 0. The van der Waals surface area contributed by atoms with Gasteiger partial charge >= 0.3 is 0 Å². The normalized spacial score (nSPS) is 23.9. The number of nitriles is 1. The van der Waals surface area contributed by atoms with E-state index >= 15 is 0 Å². The van der Waals surface area contributed by atoms with E-state index < -0.39 is 5.89 Å². The third-order valence-electron chi connectivity index (χ3n) is 7.43. The predicted molar refractivity (Wildman–Crippen MR) is 126 cm³/mol.